The molecule has 208 valence electrons. The van der Waals surface area contributed by atoms with E-state index < -0.39 is 68.7 Å². The zero-order chi connectivity index (χ0) is 30.6. The first-order valence-electron chi connectivity index (χ1n) is 12.9. The third kappa shape index (κ3) is 4.95. The quantitative estimate of drug-likeness (QED) is 0.383. The summed E-state index contributed by atoms with van der Waals surface area (Å²) in [6.45, 7) is -0.107. The van der Waals surface area contributed by atoms with E-state index in [0.717, 1.165) is 15.3 Å². The zero-order valence-electron chi connectivity index (χ0n) is 23.0. The molecule has 1 aliphatic rings. The Hall–Kier alpha value is -4.16. The van der Waals surface area contributed by atoms with Gasteiger partial charge in [-0.3, -0.25) is 23.7 Å². The van der Waals surface area contributed by atoms with Crippen molar-refractivity contribution in [3.8, 4) is 23.0 Å². The van der Waals surface area contributed by atoms with E-state index in [0.29, 0.717) is 18.7 Å². The Kier molecular flexibility index (Phi) is 6.48. The minimum atomic E-state index is -2.98. The second-order valence-corrected chi connectivity index (χ2v) is 9.74. The van der Waals surface area contributed by atoms with E-state index in [1.165, 1.54) is 38.2 Å². The molecular weight excluding hydrogens is 553 g/mol. The first-order valence-corrected chi connectivity index (χ1v) is 12.3. The van der Waals surface area contributed by atoms with Crippen molar-refractivity contribution in [1.82, 2.24) is 19.1 Å². The lowest BCUT2D eigenvalue weighted by Crippen LogP contribution is -2.32. The molecule has 0 saturated carbocycles. The Morgan fingerprint density at radius 1 is 1.20 bits per heavy atom. The summed E-state index contributed by atoms with van der Waals surface area (Å²) >= 11 is 6.29. The lowest BCUT2D eigenvalue weighted by molar-refractivity contribution is 0.0767. The summed E-state index contributed by atoms with van der Waals surface area (Å²) in [6, 6.07) is 4.43. The molecule has 9 nitrogen and oxygen atoms in total. The maximum absolute atomic E-state index is 16.3. The first-order chi connectivity index (χ1) is 19.7. The Balaban J connectivity index is 1.68. The van der Waals surface area contributed by atoms with Gasteiger partial charge in [-0.1, -0.05) is 11.6 Å². The molecule has 40 heavy (non-hydrogen) atoms. The van der Waals surface area contributed by atoms with Crippen molar-refractivity contribution in [2.75, 3.05) is 6.61 Å². The largest absolute Gasteiger partial charge is 0.490 e. The van der Waals surface area contributed by atoms with Gasteiger partial charge in [0.1, 0.15) is 34.5 Å². The maximum Gasteiger partial charge on any atom is 0.278 e. The number of aromatic nitrogens is 4. The number of ether oxygens (including phenoxy) is 2. The molecular formula is C27H22ClF3N4O5. The Bertz CT molecular complexity index is 1840. The van der Waals surface area contributed by atoms with Gasteiger partial charge >= 0.3 is 0 Å². The Labute approximate surface area is 232 Å². The van der Waals surface area contributed by atoms with Gasteiger partial charge in [-0.25, -0.2) is 18.2 Å². The van der Waals surface area contributed by atoms with Gasteiger partial charge in [0.15, 0.2) is 23.2 Å². The van der Waals surface area contributed by atoms with Crippen molar-refractivity contribution in [3.63, 3.8) is 0 Å². The van der Waals surface area contributed by atoms with E-state index in [1.807, 2.05) is 0 Å². The van der Waals surface area contributed by atoms with Gasteiger partial charge in [-0.05, 0) is 38.8 Å². The van der Waals surface area contributed by atoms with Crippen LogP contribution in [0.2, 0.25) is 5.02 Å². The molecule has 13 heteroatoms. The van der Waals surface area contributed by atoms with Gasteiger partial charge in [-0.2, -0.15) is 0 Å². The fourth-order valence-corrected chi connectivity index (χ4v) is 4.38. The summed E-state index contributed by atoms with van der Waals surface area (Å²) in [5, 5.41) is 9.70. The molecule has 0 saturated heterocycles. The van der Waals surface area contributed by atoms with E-state index in [2.05, 4.69) is 9.97 Å². The number of aliphatic hydroxyl groups is 1. The van der Waals surface area contributed by atoms with Gasteiger partial charge in [0, 0.05) is 29.6 Å². The Morgan fingerprint density at radius 2 is 1.98 bits per heavy atom. The highest BCUT2D eigenvalue weighted by Crippen LogP contribution is 2.33. The van der Waals surface area contributed by atoms with Gasteiger partial charge in [0.25, 0.3) is 11.1 Å². The van der Waals surface area contributed by atoms with Crippen molar-refractivity contribution < 1.29 is 30.5 Å². The second-order valence-electron chi connectivity index (χ2n) is 9.36. The summed E-state index contributed by atoms with van der Waals surface area (Å²) < 4.78 is 72.9. The number of halogens is 4. The molecule has 0 aromatic carbocycles. The maximum atomic E-state index is 16.3. The van der Waals surface area contributed by atoms with Crippen LogP contribution in [0.5, 0.6) is 11.5 Å². The number of aryl methyl sites for hydroxylation is 1. The molecule has 0 atom stereocenters. The fraction of sp³-hybridized carbons (Fsp3) is 0.259. The summed E-state index contributed by atoms with van der Waals surface area (Å²) in [5.74, 6) is -4.59. The van der Waals surface area contributed by atoms with Gasteiger partial charge in [-0.15, -0.1) is 0 Å². The predicted octanol–water partition coefficient (Wildman–Crippen LogP) is 3.98. The molecule has 4 aromatic heterocycles. The highest BCUT2D eigenvalue weighted by atomic mass is 35.5. The number of pyridine rings is 4. The van der Waals surface area contributed by atoms with Crippen molar-refractivity contribution >= 4 is 11.6 Å². The number of fused-ring (bicyclic) bond motifs is 3. The van der Waals surface area contributed by atoms with E-state index in [1.54, 1.807) is 0 Å². The number of nitrogens with zero attached hydrogens (tertiary/aromatic N) is 4. The molecule has 0 fully saturated rings. The summed E-state index contributed by atoms with van der Waals surface area (Å²) in [4.78, 5) is 34.2. The van der Waals surface area contributed by atoms with Crippen LogP contribution in [0.4, 0.5) is 13.2 Å². The SMILES string of the molecule is [2H]C([2H])(Oc1cc2n(c(=O)c1Cl)-c1c(cnc(-n3cccc(C(C)(C)O)c3=O)c1F)OCCC2)c1ncc(F)cc1F. The highest BCUT2D eigenvalue weighted by Gasteiger charge is 2.28. The normalized spacial score (nSPS) is 14.2. The summed E-state index contributed by atoms with van der Waals surface area (Å²) in [6.07, 6.45) is 3.43. The van der Waals surface area contributed by atoms with Crippen molar-refractivity contribution in [2.24, 2.45) is 0 Å². The smallest absolute Gasteiger partial charge is 0.278 e. The molecule has 0 spiro atoms. The molecule has 0 unspecified atom stereocenters. The minimum absolute atomic E-state index is 0.0297. The van der Waals surface area contributed by atoms with Crippen LogP contribution in [0.25, 0.3) is 11.5 Å². The first kappa shape index (κ1) is 24.9. The van der Waals surface area contributed by atoms with Gasteiger partial charge in [0.2, 0.25) is 0 Å². The third-order valence-corrected chi connectivity index (χ3v) is 6.44. The molecule has 5 heterocycles. The molecule has 1 aliphatic heterocycles. The average Bonchev–Trinajstić information content (AvgIpc) is 2.88. The highest BCUT2D eigenvalue weighted by molar-refractivity contribution is 6.31. The molecule has 0 aliphatic carbocycles. The van der Waals surface area contributed by atoms with Crippen LogP contribution in [0.3, 0.4) is 0 Å². The van der Waals surface area contributed by atoms with E-state index in [9.17, 15) is 23.5 Å². The summed E-state index contributed by atoms with van der Waals surface area (Å²) in [5.41, 5.74) is -4.53. The van der Waals surface area contributed by atoms with Gasteiger partial charge in [0.05, 0.1) is 27.3 Å². The molecule has 5 rings (SSSR count). The number of rotatable bonds is 5. The summed E-state index contributed by atoms with van der Waals surface area (Å²) in [7, 11) is 0. The zero-order valence-corrected chi connectivity index (χ0v) is 21.8. The van der Waals surface area contributed by atoms with E-state index in [-0.39, 0.29) is 30.0 Å². The minimum Gasteiger partial charge on any atom is -0.490 e. The van der Waals surface area contributed by atoms with Crippen LogP contribution in [0.1, 0.15) is 40.0 Å². The van der Waals surface area contributed by atoms with Crippen molar-refractivity contribution in [1.29, 1.82) is 0 Å². The van der Waals surface area contributed by atoms with Gasteiger partial charge < -0.3 is 14.6 Å². The topological polar surface area (TPSA) is 108 Å². The predicted molar refractivity (Wildman–Crippen MR) is 138 cm³/mol. The molecule has 4 aromatic rings. The third-order valence-electron chi connectivity index (χ3n) is 6.09. The Morgan fingerprint density at radius 3 is 2.70 bits per heavy atom. The number of hydrogen-bond acceptors (Lipinski definition) is 7. The second kappa shape index (κ2) is 10.4. The molecule has 1 N–H and O–H groups in total. The van der Waals surface area contributed by atoms with Crippen LogP contribution >= 0.6 is 11.6 Å². The van der Waals surface area contributed by atoms with Crippen molar-refractivity contribution in [3.05, 3.63) is 103 Å². The van der Waals surface area contributed by atoms with Crippen LogP contribution in [0.15, 0.2) is 52.4 Å². The van der Waals surface area contributed by atoms with E-state index >= 15 is 4.39 Å². The van der Waals surface area contributed by atoms with Crippen LogP contribution in [-0.2, 0) is 18.6 Å². The van der Waals surface area contributed by atoms with Crippen molar-refractivity contribution in [2.45, 2.75) is 38.8 Å². The lowest BCUT2D eigenvalue weighted by Gasteiger charge is -2.23. The molecule has 0 radical (unpaired) electrons. The van der Waals surface area contributed by atoms with Crippen LogP contribution in [0, 0.1) is 17.5 Å². The lowest BCUT2D eigenvalue weighted by atomic mass is 10.0. The number of hydrogen-bond donors (Lipinski definition) is 1. The standard InChI is InChI=1S/C27H22ClF3N4O5/c1-27(2,38)16-6-3-7-34(25(16)36)24-22(31)23-20(12-33-24)39-8-4-5-15-10-19(21(28)26(37)35(15)23)40-13-18-17(30)9-14(29)11-32-18/h3,6-7,9-12,38H,4-5,8,13H2,1-2H3/i13D2. The fourth-order valence-electron chi connectivity index (χ4n) is 4.21. The molecule has 0 amide bonds. The van der Waals surface area contributed by atoms with E-state index in [4.69, 9.17) is 23.8 Å². The average molecular weight is 577 g/mol. The van der Waals surface area contributed by atoms with Crippen LogP contribution in [-0.4, -0.2) is 30.8 Å². The molecule has 0 bridgehead atoms. The van der Waals surface area contributed by atoms with Crippen LogP contribution < -0.4 is 20.6 Å². The monoisotopic (exact) mass is 576 g/mol.